The predicted molar refractivity (Wildman–Crippen MR) is 104 cm³/mol. The first-order valence-electron chi connectivity index (χ1n) is 7.82. The first kappa shape index (κ1) is 17.7. The Morgan fingerprint density at radius 2 is 2.12 bits per heavy atom. The number of thiazole rings is 1. The van der Waals surface area contributed by atoms with Crippen molar-refractivity contribution >= 4 is 29.7 Å². The highest BCUT2D eigenvalue weighted by molar-refractivity contribution is 7.80. The van der Waals surface area contributed by atoms with Crippen LogP contribution in [-0.2, 0) is 0 Å². The monoisotopic (exact) mass is 373 g/mol. The number of aromatic nitrogens is 2. The summed E-state index contributed by atoms with van der Waals surface area (Å²) in [5, 5.41) is 11.8. The van der Waals surface area contributed by atoms with E-state index in [9.17, 15) is 0 Å². The molecular formula is C18H19N3O2S2. The van der Waals surface area contributed by atoms with Crippen LogP contribution in [0.1, 0.15) is 23.4 Å². The summed E-state index contributed by atoms with van der Waals surface area (Å²) in [6.45, 7) is 2.35. The highest BCUT2D eigenvalue weighted by Gasteiger charge is 2.15. The Morgan fingerprint density at radius 3 is 2.80 bits per heavy atom. The second kappa shape index (κ2) is 7.86. The van der Waals surface area contributed by atoms with Crippen LogP contribution in [0.15, 0.2) is 46.8 Å². The summed E-state index contributed by atoms with van der Waals surface area (Å²) < 4.78 is 5.32. The molecule has 0 aliphatic carbocycles. The van der Waals surface area contributed by atoms with Crippen molar-refractivity contribution in [3.63, 3.8) is 0 Å². The van der Waals surface area contributed by atoms with E-state index in [2.05, 4.69) is 24.5 Å². The molecule has 130 valence electrons. The molecule has 0 aliphatic heterocycles. The van der Waals surface area contributed by atoms with Crippen LogP contribution in [0, 0.1) is 0 Å². The zero-order chi connectivity index (χ0) is 17.8. The molecule has 3 N–H and O–H groups in total. The standard InChI is InChI=1S/C18H19N3O2S2/c1-11(12-2-4-14(19)17(24)8-12)18-21-16(10-25-18)15-5-3-13(9-20-15)23-7-6-22/h2-5,8-11,22,24H,6-7,19H2,1H3. The number of rotatable bonds is 6. The molecule has 0 saturated heterocycles. The molecule has 0 aliphatic rings. The van der Waals surface area contributed by atoms with E-state index in [4.69, 9.17) is 20.6 Å². The fraction of sp³-hybridized carbons (Fsp3) is 0.222. The van der Waals surface area contributed by atoms with Gasteiger partial charge in [-0.1, -0.05) is 13.0 Å². The maximum absolute atomic E-state index is 8.78. The number of aliphatic hydroxyl groups is 1. The van der Waals surface area contributed by atoms with Gasteiger partial charge in [0.2, 0.25) is 0 Å². The van der Waals surface area contributed by atoms with Gasteiger partial charge in [-0.25, -0.2) is 4.98 Å². The molecule has 2 aromatic heterocycles. The first-order chi connectivity index (χ1) is 12.1. The van der Waals surface area contributed by atoms with Crippen molar-refractivity contribution in [3.05, 3.63) is 52.5 Å². The fourth-order valence-electron chi connectivity index (χ4n) is 2.36. The van der Waals surface area contributed by atoms with Crippen molar-refractivity contribution in [2.75, 3.05) is 18.9 Å². The van der Waals surface area contributed by atoms with Crippen molar-refractivity contribution in [2.45, 2.75) is 17.7 Å². The lowest BCUT2D eigenvalue weighted by atomic mass is 10.0. The summed E-state index contributed by atoms with van der Waals surface area (Å²) in [7, 11) is 0. The first-order valence-corrected chi connectivity index (χ1v) is 9.15. The van der Waals surface area contributed by atoms with Crippen LogP contribution in [0.2, 0.25) is 0 Å². The molecular weight excluding hydrogens is 354 g/mol. The molecule has 3 rings (SSSR count). The van der Waals surface area contributed by atoms with E-state index < -0.39 is 0 Å². The number of benzene rings is 1. The molecule has 0 radical (unpaired) electrons. The van der Waals surface area contributed by atoms with Crippen molar-refractivity contribution in [1.29, 1.82) is 0 Å². The van der Waals surface area contributed by atoms with Crippen LogP contribution in [0.25, 0.3) is 11.4 Å². The van der Waals surface area contributed by atoms with E-state index in [1.165, 1.54) is 0 Å². The lowest BCUT2D eigenvalue weighted by Gasteiger charge is -2.10. The summed E-state index contributed by atoms with van der Waals surface area (Å²) in [5.74, 6) is 0.780. The molecule has 0 saturated carbocycles. The van der Waals surface area contributed by atoms with Crippen LogP contribution in [0.3, 0.4) is 0 Å². The number of nitrogens with two attached hydrogens (primary N) is 1. The van der Waals surface area contributed by atoms with Crippen LogP contribution < -0.4 is 10.5 Å². The average molecular weight is 374 g/mol. The Labute approximate surface area is 155 Å². The zero-order valence-corrected chi connectivity index (χ0v) is 15.4. The summed E-state index contributed by atoms with van der Waals surface area (Å²) in [6.07, 6.45) is 1.64. The third kappa shape index (κ3) is 4.12. The number of hydrogen-bond donors (Lipinski definition) is 3. The van der Waals surface area contributed by atoms with Gasteiger partial charge in [0.25, 0.3) is 0 Å². The summed E-state index contributed by atoms with van der Waals surface area (Å²) in [6, 6.07) is 9.55. The van der Waals surface area contributed by atoms with Gasteiger partial charge in [0.15, 0.2) is 0 Å². The molecule has 5 nitrogen and oxygen atoms in total. The average Bonchev–Trinajstić information content (AvgIpc) is 3.12. The summed E-state index contributed by atoms with van der Waals surface area (Å²) in [5.41, 5.74) is 9.25. The number of hydrogen-bond acceptors (Lipinski definition) is 7. The van der Waals surface area contributed by atoms with Gasteiger partial charge in [0.1, 0.15) is 17.4 Å². The number of nitrogen functional groups attached to an aromatic ring is 1. The Hall–Kier alpha value is -2.09. The number of thiol groups is 1. The minimum absolute atomic E-state index is 0.0196. The normalized spacial score (nSPS) is 12.1. The van der Waals surface area contributed by atoms with E-state index in [0.29, 0.717) is 11.4 Å². The number of aliphatic hydroxyl groups excluding tert-OH is 1. The SMILES string of the molecule is CC(c1ccc(N)c(S)c1)c1nc(-c2ccc(OCCO)cn2)cs1. The quantitative estimate of drug-likeness (QED) is 0.454. The molecule has 1 unspecified atom stereocenters. The van der Waals surface area contributed by atoms with Gasteiger partial charge in [-0.15, -0.1) is 24.0 Å². The second-order valence-electron chi connectivity index (χ2n) is 5.56. The molecule has 2 heterocycles. The Kier molecular flexibility index (Phi) is 5.57. The maximum atomic E-state index is 8.78. The fourth-order valence-corrected chi connectivity index (χ4v) is 3.48. The molecule has 1 atom stereocenters. The van der Waals surface area contributed by atoms with Crippen molar-refractivity contribution in [1.82, 2.24) is 9.97 Å². The largest absolute Gasteiger partial charge is 0.490 e. The second-order valence-corrected chi connectivity index (χ2v) is 6.93. The minimum Gasteiger partial charge on any atom is -0.490 e. The van der Waals surface area contributed by atoms with Gasteiger partial charge in [-0.3, -0.25) is 4.98 Å². The third-order valence-electron chi connectivity index (χ3n) is 3.81. The predicted octanol–water partition coefficient (Wildman–Crippen LogP) is 3.60. The van der Waals surface area contributed by atoms with Gasteiger partial charge in [-0.2, -0.15) is 0 Å². The van der Waals surface area contributed by atoms with Crippen LogP contribution in [0.4, 0.5) is 5.69 Å². The number of nitrogens with zero attached hydrogens (tertiary/aromatic N) is 2. The minimum atomic E-state index is -0.0196. The van der Waals surface area contributed by atoms with Crippen LogP contribution >= 0.6 is 24.0 Å². The molecule has 25 heavy (non-hydrogen) atoms. The zero-order valence-electron chi connectivity index (χ0n) is 13.7. The van der Waals surface area contributed by atoms with Gasteiger partial charge < -0.3 is 15.6 Å². The number of ether oxygens (including phenoxy) is 1. The summed E-state index contributed by atoms with van der Waals surface area (Å²) >= 11 is 6.00. The third-order valence-corrected chi connectivity index (χ3v) is 5.22. The van der Waals surface area contributed by atoms with E-state index in [0.717, 1.165) is 26.9 Å². The molecule has 7 heteroatoms. The van der Waals surface area contributed by atoms with Gasteiger partial charge in [0.05, 0.1) is 24.2 Å². The molecule has 0 amide bonds. The molecule has 3 aromatic rings. The summed E-state index contributed by atoms with van der Waals surface area (Å²) in [4.78, 5) is 9.88. The number of anilines is 1. The van der Waals surface area contributed by atoms with Crippen molar-refractivity contribution < 1.29 is 9.84 Å². The lowest BCUT2D eigenvalue weighted by molar-refractivity contribution is 0.201. The van der Waals surface area contributed by atoms with E-state index >= 15 is 0 Å². The Balaban J connectivity index is 1.78. The maximum Gasteiger partial charge on any atom is 0.137 e. The lowest BCUT2D eigenvalue weighted by Crippen LogP contribution is -2.01. The van der Waals surface area contributed by atoms with E-state index in [-0.39, 0.29) is 19.1 Å². The van der Waals surface area contributed by atoms with Gasteiger partial charge in [-0.05, 0) is 29.8 Å². The van der Waals surface area contributed by atoms with E-state index in [1.807, 2.05) is 35.7 Å². The van der Waals surface area contributed by atoms with Crippen LogP contribution in [0.5, 0.6) is 5.75 Å². The number of pyridine rings is 1. The molecule has 0 fully saturated rings. The molecule has 0 bridgehead atoms. The molecule has 1 aromatic carbocycles. The van der Waals surface area contributed by atoms with Crippen LogP contribution in [-0.4, -0.2) is 28.3 Å². The van der Waals surface area contributed by atoms with Crippen molar-refractivity contribution in [3.8, 4) is 17.1 Å². The molecule has 0 spiro atoms. The Morgan fingerprint density at radius 1 is 1.28 bits per heavy atom. The van der Waals surface area contributed by atoms with Gasteiger partial charge in [0, 0.05) is 21.9 Å². The highest BCUT2D eigenvalue weighted by Crippen LogP contribution is 2.32. The Bertz CT molecular complexity index is 850. The van der Waals surface area contributed by atoms with Crippen molar-refractivity contribution in [2.24, 2.45) is 0 Å². The smallest absolute Gasteiger partial charge is 0.137 e. The highest BCUT2D eigenvalue weighted by atomic mass is 32.1. The van der Waals surface area contributed by atoms with E-state index in [1.54, 1.807) is 17.5 Å². The van der Waals surface area contributed by atoms with Gasteiger partial charge >= 0.3 is 0 Å². The topological polar surface area (TPSA) is 81.3 Å².